The standard InChI is InChI=1S/C17H22N2O2/c1-13(2)21-16-10-8-14(9-11-16)17(19-18)12-20-15-6-4-3-5-7-15/h3-11,13,17,19H,12,18H2,1-2H3. The summed E-state index contributed by atoms with van der Waals surface area (Å²) in [4.78, 5) is 0. The minimum Gasteiger partial charge on any atom is -0.492 e. The van der Waals surface area contributed by atoms with Crippen LogP contribution < -0.4 is 20.7 Å². The van der Waals surface area contributed by atoms with Gasteiger partial charge in [0.1, 0.15) is 18.1 Å². The Morgan fingerprint density at radius 3 is 2.19 bits per heavy atom. The van der Waals surface area contributed by atoms with Crippen LogP contribution in [0.25, 0.3) is 0 Å². The summed E-state index contributed by atoms with van der Waals surface area (Å²) >= 11 is 0. The molecular formula is C17H22N2O2. The van der Waals surface area contributed by atoms with E-state index in [1.54, 1.807) is 0 Å². The van der Waals surface area contributed by atoms with Crippen LogP contribution in [-0.4, -0.2) is 12.7 Å². The topological polar surface area (TPSA) is 56.5 Å². The lowest BCUT2D eigenvalue weighted by atomic mass is 10.1. The number of para-hydroxylation sites is 1. The molecule has 2 aromatic carbocycles. The quantitative estimate of drug-likeness (QED) is 0.607. The van der Waals surface area contributed by atoms with Crippen LogP contribution in [0, 0.1) is 0 Å². The third kappa shape index (κ3) is 4.77. The van der Waals surface area contributed by atoms with Gasteiger partial charge < -0.3 is 9.47 Å². The van der Waals surface area contributed by atoms with Gasteiger partial charge in [-0.2, -0.15) is 0 Å². The van der Waals surface area contributed by atoms with Crippen molar-refractivity contribution < 1.29 is 9.47 Å². The number of ether oxygens (including phenoxy) is 2. The van der Waals surface area contributed by atoms with Crippen molar-refractivity contribution in [3.8, 4) is 11.5 Å². The van der Waals surface area contributed by atoms with Crippen molar-refractivity contribution in [3.63, 3.8) is 0 Å². The zero-order valence-corrected chi connectivity index (χ0v) is 12.5. The monoisotopic (exact) mass is 286 g/mol. The van der Waals surface area contributed by atoms with Gasteiger partial charge in [0.2, 0.25) is 0 Å². The lowest BCUT2D eigenvalue weighted by Gasteiger charge is -2.18. The predicted octanol–water partition coefficient (Wildman–Crippen LogP) is 3.06. The van der Waals surface area contributed by atoms with Gasteiger partial charge in [-0.1, -0.05) is 30.3 Å². The summed E-state index contributed by atoms with van der Waals surface area (Å²) in [6.07, 6.45) is 0.167. The highest BCUT2D eigenvalue weighted by Gasteiger charge is 2.11. The summed E-state index contributed by atoms with van der Waals surface area (Å²) in [7, 11) is 0. The van der Waals surface area contributed by atoms with Gasteiger partial charge >= 0.3 is 0 Å². The Bertz CT molecular complexity index is 526. The van der Waals surface area contributed by atoms with E-state index in [0.717, 1.165) is 17.1 Å². The second-order valence-corrected chi connectivity index (χ2v) is 5.08. The van der Waals surface area contributed by atoms with Gasteiger partial charge in [-0.25, -0.2) is 5.43 Å². The SMILES string of the molecule is CC(C)Oc1ccc(C(COc2ccccc2)NN)cc1. The van der Waals surface area contributed by atoms with Crippen molar-refractivity contribution in [1.82, 2.24) is 5.43 Å². The number of nitrogens with two attached hydrogens (primary N) is 1. The maximum absolute atomic E-state index is 5.73. The van der Waals surface area contributed by atoms with Crippen LogP contribution in [0.1, 0.15) is 25.5 Å². The molecule has 2 aromatic rings. The highest BCUT2D eigenvalue weighted by Crippen LogP contribution is 2.19. The summed E-state index contributed by atoms with van der Waals surface area (Å²) < 4.78 is 11.4. The Labute approximate surface area is 125 Å². The first-order chi connectivity index (χ1) is 10.2. The summed E-state index contributed by atoms with van der Waals surface area (Å²) in [5.74, 6) is 7.31. The molecule has 21 heavy (non-hydrogen) atoms. The molecule has 112 valence electrons. The zero-order valence-electron chi connectivity index (χ0n) is 12.5. The normalized spacial score (nSPS) is 12.2. The molecule has 4 heteroatoms. The number of hydrazine groups is 1. The molecule has 0 saturated heterocycles. The van der Waals surface area contributed by atoms with E-state index in [9.17, 15) is 0 Å². The van der Waals surface area contributed by atoms with E-state index < -0.39 is 0 Å². The molecule has 0 aliphatic heterocycles. The molecule has 0 aliphatic rings. The third-order valence-corrected chi connectivity index (χ3v) is 3.02. The Hall–Kier alpha value is -2.04. The highest BCUT2D eigenvalue weighted by molar-refractivity contribution is 5.29. The Morgan fingerprint density at radius 1 is 0.952 bits per heavy atom. The smallest absolute Gasteiger partial charge is 0.119 e. The Balaban J connectivity index is 1.97. The summed E-state index contributed by atoms with van der Waals surface area (Å²) in [6.45, 7) is 4.47. The van der Waals surface area contributed by atoms with Crippen molar-refractivity contribution >= 4 is 0 Å². The molecule has 0 fully saturated rings. The number of benzene rings is 2. The fraction of sp³-hybridized carbons (Fsp3) is 0.294. The molecule has 3 N–H and O–H groups in total. The average Bonchev–Trinajstić information content (AvgIpc) is 2.50. The lowest BCUT2D eigenvalue weighted by Crippen LogP contribution is -2.32. The van der Waals surface area contributed by atoms with Crippen LogP contribution in [0.5, 0.6) is 11.5 Å². The fourth-order valence-corrected chi connectivity index (χ4v) is 1.99. The molecular weight excluding hydrogens is 264 g/mol. The van der Waals surface area contributed by atoms with Gasteiger partial charge in [-0.05, 0) is 43.7 Å². The third-order valence-electron chi connectivity index (χ3n) is 3.02. The van der Waals surface area contributed by atoms with Crippen molar-refractivity contribution in [2.24, 2.45) is 5.84 Å². The molecule has 0 radical (unpaired) electrons. The maximum atomic E-state index is 5.73. The largest absolute Gasteiger partial charge is 0.492 e. The van der Waals surface area contributed by atoms with E-state index in [1.165, 1.54) is 0 Å². The number of nitrogens with one attached hydrogen (secondary N) is 1. The Kier molecular flexibility index (Phi) is 5.60. The molecule has 0 heterocycles. The highest BCUT2D eigenvalue weighted by atomic mass is 16.5. The first-order valence-electron chi connectivity index (χ1n) is 7.09. The van der Waals surface area contributed by atoms with Crippen LogP contribution in [0.2, 0.25) is 0 Å². The van der Waals surface area contributed by atoms with Crippen LogP contribution in [0.3, 0.4) is 0 Å². The molecule has 0 amide bonds. The summed E-state index contributed by atoms with van der Waals surface area (Å²) in [5.41, 5.74) is 3.84. The first-order valence-corrected chi connectivity index (χ1v) is 7.09. The van der Waals surface area contributed by atoms with Crippen LogP contribution >= 0.6 is 0 Å². The van der Waals surface area contributed by atoms with Gasteiger partial charge in [-0.15, -0.1) is 0 Å². The zero-order chi connectivity index (χ0) is 15.1. The van der Waals surface area contributed by atoms with Crippen molar-refractivity contribution in [2.75, 3.05) is 6.61 Å². The second kappa shape index (κ2) is 7.67. The minimum absolute atomic E-state index is 0.0710. The number of hydrogen-bond donors (Lipinski definition) is 2. The average molecular weight is 286 g/mol. The van der Waals surface area contributed by atoms with E-state index in [1.807, 2.05) is 68.4 Å². The van der Waals surface area contributed by atoms with Gasteiger partial charge in [0, 0.05) is 0 Å². The van der Waals surface area contributed by atoms with E-state index in [0.29, 0.717) is 6.61 Å². The molecule has 0 bridgehead atoms. The first kappa shape index (κ1) is 15.4. The molecule has 1 atom stereocenters. The number of hydrogen-bond acceptors (Lipinski definition) is 4. The van der Waals surface area contributed by atoms with Crippen molar-refractivity contribution in [3.05, 3.63) is 60.2 Å². The second-order valence-electron chi connectivity index (χ2n) is 5.08. The van der Waals surface area contributed by atoms with Gasteiger partial charge in [0.25, 0.3) is 0 Å². The van der Waals surface area contributed by atoms with E-state index in [2.05, 4.69) is 5.43 Å². The van der Waals surface area contributed by atoms with Crippen molar-refractivity contribution in [1.29, 1.82) is 0 Å². The van der Waals surface area contributed by atoms with Crippen LogP contribution in [-0.2, 0) is 0 Å². The van der Waals surface area contributed by atoms with Gasteiger partial charge in [0.05, 0.1) is 12.1 Å². The molecule has 4 nitrogen and oxygen atoms in total. The molecule has 0 saturated carbocycles. The molecule has 1 unspecified atom stereocenters. The van der Waals surface area contributed by atoms with E-state index >= 15 is 0 Å². The molecule has 0 aromatic heterocycles. The lowest BCUT2D eigenvalue weighted by molar-refractivity contribution is 0.242. The van der Waals surface area contributed by atoms with Crippen molar-refractivity contribution in [2.45, 2.75) is 26.0 Å². The van der Waals surface area contributed by atoms with Gasteiger partial charge in [-0.3, -0.25) is 5.84 Å². The molecule has 0 aliphatic carbocycles. The summed E-state index contributed by atoms with van der Waals surface area (Å²) in [5, 5.41) is 0. The molecule has 2 rings (SSSR count). The van der Waals surface area contributed by atoms with E-state index in [4.69, 9.17) is 15.3 Å². The number of rotatable bonds is 7. The summed E-state index contributed by atoms with van der Waals surface area (Å²) in [6, 6.07) is 17.5. The fourth-order valence-electron chi connectivity index (χ4n) is 1.99. The van der Waals surface area contributed by atoms with Crippen LogP contribution in [0.4, 0.5) is 0 Å². The van der Waals surface area contributed by atoms with Gasteiger partial charge in [0.15, 0.2) is 0 Å². The molecule has 0 spiro atoms. The van der Waals surface area contributed by atoms with Crippen LogP contribution in [0.15, 0.2) is 54.6 Å². The maximum Gasteiger partial charge on any atom is 0.119 e. The van der Waals surface area contributed by atoms with E-state index in [-0.39, 0.29) is 12.1 Å². The Morgan fingerprint density at radius 2 is 1.62 bits per heavy atom. The predicted molar refractivity (Wildman–Crippen MR) is 84.2 cm³/mol. The minimum atomic E-state index is -0.0710.